The van der Waals surface area contributed by atoms with E-state index in [2.05, 4.69) is 0 Å². The molecule has 110 valence electrons. The Morgan fingerprint density at radius 2 is 2.10 bits per heavy atom. The summed E-state index contributed by atoms with van der Waals surface area (Å²) in [5.74, 6) is -1.79. The normalized spacial score (nSPS) is 11.0. The van der Waals surface area contributed by atoms with E-state index < -0.39 is 37.1 Å². The molecule has 0 aliphatic carbocycles. The maximum Gasteiger partial charge on any atom is 0.274 e. The number of nitro groups is 1. The van der Waals surface area contributed by atoms with Crippen LogP contribution in [0.4, 0.5) is 10.1 Å². The second kappa shape index (κ2) is 5.97. The minimum Gasteiger partial charge on any atom is -0.485 e. The Hall–Kier alpha value is -2.00. The highest BCUT2D eigenvalue weighted by Gasteiger charge is 2.24. The molecule has 1 rings (SSSR count). The van der Waals surface area contributed by atoms with Crippen molar-refractivity contribution in [2.75, 3.05) is 6.61 Å². The van der Waals surface area contributed by atoms with Gasteiger partial charge in [0.2, 0.25) is 10.0 Å². The van der Waals surface area contributed by atoms with Crippen molar-refractivity contribution < 1.29 is 22.5 Å². The van der Waals surface area contributed by atoms with Crippen molar-refractivity contribution in [3.8, 4) is 5.75 Å². The molecule has 0 saturated heterocycles. The molecule has 0 aromatic heterocycles. The van der Waals surface area contributed by atoms with E-state index in [1.165, 1.54) is 0 Å². The molecule has 1 aromatic carbocycles. The molecular weight excluding hydrogens is 291 g/mol. The quantitative estimate of drug-likeness (QED) is 0.505. The lowest BCUT2D eigenvalue weighted by molar-refractivity contribution is -0.385. The molecule has 0 spiro atoms. The molecule has 20 heavy (non-hydrogen) atoms. The van der Waals surface area contributed by atoms with Gasteiger partial charge in [-0.05, 0) is 19.9 Å². The number of sulfonamides is 1. The van der Waals surface area contributed by atoms with Crippen LogP contribution in [-0.2, 0) is 10.0 Å². The van der Waals surface area contributed by atoms with Crippen LogP contribution in [-0.4, -0.2) is 19.9 Å². The standard InChI is InChI=1S/C11H13FN2O5S/c1-7(2)3-4-19-11-9(12)5-8(14(15)16)6-10(11)20(13,17)18/h3,5-6H,4H2,1-2H3,(H2,13,17,18). The fourth-order valence-electron chi connectivity index (χ4n) is 1.30. The van der Waals surface area contributed by atoms with Crippen LogP contribution in [0.1, 0.15) is 13.8 Å². The van der Waals surface area contributed by atoms with E-state index in [1.54, 1.807) is 19.9 Å². The van der Waals surface area contributed by atoms with Crippen LogP contribution in [0.25, 0.3) is 0 Å². The number of ether oxygens (including phenoxy) is 1. The van der Waals surface area contributed by atoms with Crippen molar-refractivity contribution in [1.82, 2.24) is 0 Å². The van der Waals surface area contributed by atoms with E-state index in [-0.39, 0.29) is 6.61 Å². The molecule has 9 heteroatoms. The van der Waals surface area contributed by atoms with Gasteiger partial charge in [-0.1, -0.05) is 5.57 Å². The summed E-state index contributed by atoms with van der Waals surface area (Å²) in [6.07, 6.45) is 1.59. The summed E-state index contributed by atoms with van der Waals surface area (Å²) < 4.78 is 41.5. The summed E-state index contributed by atoms with van der Waals surface area (Å²) in [6, 6.07) is 1.24. The zero-order chi connectivity index (χ0) is 15.5. The first-order valence-electron chi connectivity index (χ1n) is 5.40. The van der Waals surface area contributed by atoms with Gasteiger partial charge in [0.15, 0.2) is 11.6 Å². The topological polar surface area (TPSA) is 113 Å². The van der Waals surface area contributed by atoms with Crippen LogP contribution in [0.5, 0.6) is 5.75 Å². The molecule has 0 bridgehead atoms. The molecule has 0 saturated carbocycles. The number of benzene rings is 1. The monoisotopic (exact) mass is 304 g/mol. The Balaban J connectivity index is 3.35. The molecule has 0 atom stereocenters. The Labute approximate surface area is 115 Å². The van der Waals surface area contributed by atoms with Gasteiger partial charge in [-0.15, -0.1) is 0 Å². The number of hydrogen-bond acceptors (Lipinski definition) is 5. The number of halogens is 1. The summed E-state index contributed by atoms with van der Waals surface area (Å²) in [4.78, 5) is 8.92. The van der Waals surface area contributed by atoms with Gasteiger partial charge in [-0.3, -0.25) is 10.1 Å². The van der Waals surface area contributed by atoms with Gasteiger partial charge in [-0.2, -0.15) is 0 Å². The highest BCUT2D eigenvalue weighted by Crippen LogP contribution is 2.31. The largest absolute Gasteiger partial charge is 0.485 e. The Kier molecular flexibility index (Phi) is 4.79. The van der Waals surface area contributed by atoms with Crippen LogP contribution < -0.4 is 9.88 Å². The Morgan fingerprint density at radius 3 is 2.55 bits per heavy atom. The molecule has 0 amide bonds. The lowest BCUT2D eigenvalue weighted by atomic mass is 10.3. The first kappa shape index (κ1) is 16.1. The number of nitrogens with two attached hydrogens (primary N) is 1. The number of hydrogen-bond donors (Lipinski definition) is 1. The second-order valence-corrected chi connectivity index (χ2v) is 5.68. The number of non-ortho nitro benzene ring substituents is 1. The molecule has 7 nitrogen and oxygen atoms in total. The average molecular weight is 304 g/mol. The van der Waals surface area contributed by atoms with Crippen molar-refractivity contribution in [3.63, 3.8) is 0 Å². The van der Waals surface area contributed by atoms with E-state index in [0.29, 0.717) is 12.1 Å². The molecule has 0 aliphatic heterocycles. The Morgan fingerprint density at radius 1 is 1.50 bits per heavy atom. The van der Waals surface area contributed by atoms with Gasteiger partial charge in [-0.25, -0.2) is 17.9 Å². The van der Waals surface area contributed by atoms with Crippen molar-refractivity contribution in [2.24, 2.45) is 5.14 Å². The molecule has 0 radical (unpaired) electrons. The van der Waals surface area contributed by atoms with Gasteiger partial charge >= 0.3 is 0 Å². The fraction of sp³-hybridized carbons (Fsp3) is 0.273. The first-order valence-corrected chi connectivity index (χ1v) is 6.94. The number of rotatable bonds is 5. The van der Waals surface area contributed by atoms with E-state index in [0.717, 1.165) is 5.57 Å². The fourth-order valence-corrected chi connectivity index (χ4v) is 2.00. The van der Waals surface area contributed by atoms with Gasteiger partial charge in [0.1, 0.15) is 11.5 Å². The van der Waals surface area contributed by atoms with Crippen LogP contribution >= 0.6 is 0 Å². The SMILES string of the molecule is CC(C)=CCOc1c(F)cc([N+](=O)[O-])cc1S(N)(=O)=O. The maximum atomic E-state index is 13.8. The minimum atomic E-state index is -4.35. The van der Waals surface area contributed by atoms with E-state index >= 15 is 0 Å². The average Bonchev–Trinajstić information content (AvgIpc) is 2.28. The molecule has 0 heterocycles. The third-order valence-electron chi connectivity index (χ3n) is 2.23. The lowest BCUT2D eigenvalue weighted by Gasteiger charge is -2.09. The van der Waals surface area contributed by atoms with Crippen molar-refractivity contribution in [3.05, 3.63) is 39.7 Å². The minimum absolute atomic E-state index is 0.0837. The second-order valence-electron chi connectivity index (χ2n) is 4.15. The van der Waals surface area contributed by atoms with E-state index in [4.69, 9.17) is 9.88 Å². The highest BCUT2D eigenvalue weighted by atomic mass is 32.2. The first-order chi connectivity index (χ1) is 9.12. The third-order valence-corrected chi connectivity index (χ3v) is 3.15. The van der Waals surface area contributed by atoms with Crippen LogP contribution in [0.15, 0.2) is 28.7 Å². The van der Waals surface area contributed by atoms with Crippen LogP contribution in [0.2, 0.25) is 0 Å². The number of nitro benzene ring substituents is 1. The van der Waals surface area contributed by atoms with E-state index in [1.807, 2.05) is 0 Å². The Bertz CT molecular complexity index is 666. The van der Waals surface area contributed by atoms with Gasteiger partial charge in [0.25, 0.3) is 5.69 Å². The molecular formula is C11H13FN2O5S. The van der Waals surface area contributed by atoms with Crippen molar-refractivity contribution >= 4 is 15.7 Å². The summed E-state index contributed by atoms with van der Waals surface area (Å²) in [5, 5.41) is 15.5. The zero-order valence-corrected chi connectivity index (χ0v) is 11.6. The van der Waals surface area contributed by atoms with Crippen molar-refractivity contribution in [1.29, 1.82) is 0 Å². The van der Waals surface area contributed by atoms with Gasteiger partial charge in [0, 0.05) is 6.07 Å². The smallest absolute Gasteiger partial charge is 0.274 e. The van der Waals surface area contributed by atoms with Gasteiger partial charge in [0.05, 0.1) is 11.0 Å². The number of nitrogens with zero attached hydrogens (tertiary/aromatic N) is 1. The zero-order valence-electron chi connectivity index (χ0n) is 10.8. The van der Waals surface area contributed by atoms with Crippen LogP contribution in [0.3, 0.4) is 0 Å². The molecule has 2 N–H and O–H groups in total. The third kappa shape index (κ3) is 4.00. The van der Waals surface area contributed by atoms with Crippen molar-refractivity contribution in [2.45, 2.75) is 18.7 Å². The molecule has 0 fully saturated rings. The lowest BCUT2D eigenvalue weighted by Crippen LogP contribution is -2.15. The molecule has 1 aromatic rings. The molecule has 0 aliphatic rings. The number of primary sulfonamides is 1. The van der Waals surface area contributed by atoms with E-state index in [9.17, 15) is 22.9 Å². The van der Waals surface area contributed by atoms with Gasteiger partial charge < -0.3 is 4.74 Å². The summed E-state index contributed by atoms with van der Waals surface area (Å²) in [5.41, 5.74) is 0.158. The summed E-state index contributed by atoms with van der Waals surface area (Å²) in [7, 11) is -4.35. The highest BCUT2D eigenvalue weighted by molar-refractivity contribution is 7.89. The maximum absolute atomic E-state index is 13.8. The van der Waals surface area contributed by atoms with Crippen LogP contribution in [0, 0.1) is 15.9 Å². The number of allylic oxidation sites excluding steroid dienone is 1. The summed E-state index contributed by atoms with van der Waals surface area (Å²) >= 11 is 0. The predicted octanol–water partition coefficient (Wildman–Crippen LogP) is 1.73. The predicted molar refractivity (Wildman–Crippen MR) is 69.4 cm³/mol. The molecule has 0 unspecified atom stereocenters. The summed E-state index contributed by atoms with van der Waals surface area (Å²) in [6.45, 7) is 3.46.